The van der Waals surface area contributed by atoms with Crippen molar-refractivity contribution in [1.29, 1.82) is 0 Å². The summed E-state index contributed by atoms with van der Waals surface area (Å²) < 4.78 is 0. The molecule has 0 radical (unpaired) electrons. The second kappa shape index (κ2) is 11.1. The van der Waals surface area contributed by atoms with Crippen molar-refractivity contribution >= 4 is 28.8 Å². The van der Waals surface area contributed by atoms with E-state index < -0.39 is 0 Å². The van der Waals surface area contributed by atoms with Crippen LogP contribution in [0.3, 0.4) is 0 Å². The molecule has 3 aliphatic rings. The predicted octanol–water partition coefficient (Wildman–Crippen LogP) is 6.35. The molecule has 2 heterocycles. The molecule has 0 unspecified atom stereocenters. The van der Waals surface area contributed by atoms with E-state index in [1.807, 2.05) is 42.5 Å². The zero-order valence-electron chi connectivity index (χ0n) is 22.5. The lowest BCUT2D eigenvalue weighted by atomic mass is 9.99. The Balaban J connectivity index is 1.25. The van der Waals surface area contributed by atoms with Gasteiger partial charge in [0, 0.05) is 34.7 Å². The first kappa shape index (κ1) is 25.4. The highest BCUT2D eigenvalue weighted by molar-refractivity contribution is 6.32. The van der Waals surface area contributed by atoms with Crippen LogP contribution in [0.4, 0.5) is 11.4 Å². The number of anilines is 2. The molecule has 3 aromatic carbocycles. The number of carbonyl (C=O) groups is 2. The number of rotatable bonds is 9. The van der Waals surface area contributed by atoms with Gasteiger partial charge in [0.1, 0.15) is 0 Å². The van der Waals surface area contributed by atoms with Crippen LogP contribution in [-0.4, -0.2) is 29.8 Å². The van der Waals surface area contributed by atoms with Crippen LogP contribution in [0, 0.1) is 5.92 Å². The Hall–Kier alpha value is -3.90. The van der Waals surface area contributed by atoms with Gasteiger partial charge in [-0.3, -0.25) is 14.5 Å². The molecule has 2 fully saturated rings. The number of carbonyl (C=O) groups excluding carboxylic acids is 2. The van der Waals surface area contributed by atoms with Crippen LogP contribution in [0.25, 0.3) is 5.57 Å². The van der Waals surface area contributed by atoms with Crippen molar-refractivity contribution in [3.05, 3.63) is 101 Å². The zero-order chi connectivity index (χ0) is 26.8. The summed E-state index contributed by atoms with van der Waals surface area (Å²) in [6.45, 7) is 5.41. The van der Waals surface area contributed by atoms with Gasteiger partial charge in [0.05, 0.1) is 11.6 Å². The van der Waals surface area contributed by atoms with E-state index >= 15 is 0 Å². The molecule has 6 nitrogen and oxygen atoms in total. The molecule has 39 heavy (non-hydrogen) atoms. The number of nitrogens with zero attached hydrogens (tertiary/aromatic N) is 1. The van der Waals surface area contributed by atoms with Crippen molar-refractivity contribution in [2.45, 2.75) is 51.6 Å². The number of likely N-dealkylation sites (tertiary alicyclic amines) is 1. The first-order chi connectivity index (χ1) is 19.1. The molecule has 1 saturated heterocycles. The number of fused-ring (bicyclic) bond motifs is 1. The minimum Gasteiger partial charge on any atom is -0.358 e. The molecule has 1 aliphatic carbocycles. The van der Waals surface area contributed by atoms with E-state index in [4.69, 9.17) is 0 Å². The average molecular weight is 521 g/mol. The summed E-state index contributed by atoms with van der Waals surface area (Å²) in [5.41, 5.74) is 7.08. The fourth-order valence-corrected chi connectivity index (χ4v) is 5.71. The van der Waals surface area contributed by atoms with Gasteiger partial charge in [-0.15, -0.1) is 0 Å². The van der Waals surface area contributed by atoms with Crippen molar-refractivity contribution in [1.82, 2.24) is 10.2 Å². The Labute approximate surface area is 230 Å². The first-order valence-corrected chi connectivity index (χ1v) is 14.2. The Morgan fingerprint density at radius 3 is 2.44 bits per heavy atom. The molecule has 6 heteroatoms. The molecule has 6 rings (SSSR count). The van der Waals surface area contributed by atoms with Crippen molar-refractivity contribution in [3.8, 4) is 0 Å². The van der Waals surface area contributed by atoms with E-state index in [9.17, 15) is 9.59 Å². The molecule has 0 aromatic heterocycles. The van der Waals surface area contributed by atoms with Gasteiger partial charge in [0.25, 0.3) is 11.8 Å². The van der Waals surface area contributed by atoms with E-state index in [-0.39, 0.29) is 17.9 Å². The maximum atomic E-state index is 13.3. The van der Waals surface area contributed by atoms with Crippen LogP contribution < -0.4 is 16.0 Å². The second-order valence-corrected chi connectivity index (χ2v) is 10.9. The molecule has 0 bridgehead atoms. The van der Waals surface area contributed by atoms with E-state index in [0.29, 0.717) is 17.1 Å². The fourth-order valence-electron chi connectivity index (χ4n) is 5.71. The molecule has 1 saturated carbocycles. The summed E-state index contributed by atoms with van der Waals surface area (Å²) >= 11 is 0. The minimum absolute atomic E-state index is 0.0705. The summed E-state index contributed by atoms with van der Waals surface area (Å²) in [7, 11) is 0. The van der Waals surface area contributed by atoms with Crippen LogP contribution >= 0.6 is 0 Å². The molecule has 0 spiro atoms. The second-order valence-electron chi connectivity index (χ2n) is 10.9. The molecule has 3 N–H and O–H groups in total. The third-order valence-electron chi connectivity index (χ3n) is 8.03. The van der Waals surface area contributed by atoms with E-state index in [1.165, 1.54) is 31.5 Å². The molecule has 1 atom stereocenters. The van der Waals surface area contributed by atoms with Gasteiger partial charge in [0.15, 0.2) is 0 Å². The molecule has 3 aromatic rings. The Kier molecular flexibility index (Phi) is 7.20. The lowest BCUT2D eigenvalue weighted by Crippen LogP contribution is -2.28. The Morgan fingerprint density at radius 1 is 1.00 bits per heavy atom. The van der Waals surface area contributed by atoms with Gasteiger partial charge in [-0.25, -0.2) is 0 Å². The minimum atomic E-state index is -0.137. The lowest BCUT2D eigenvalue weighted by molar-refractivity contribution is -0.110. The van der Waals surface area contributed by atoms with Crippen LogP contribution in [0.1, 0.15) is 72.1 Å². The zero-order valence-corrected chi connectivity index (χ0v) is 22.5. The van der Waals surface area contributed by atoms with Gasteiger partial charge in [0.2, 0.25) is 0 Å². The van der Waals surface area contributed by atoms with E-state index in [2.05, 4.69) is 52.0 Å². The molecule has 200 valence electrons. The van der Waals surface area contributed by atoms with Gasteiger partial charge in [-0.2, -0.15) is 0 Å². The van der Waals surface area contributed by atoms with Crippen molar-refractivity contribution in [2.24, 2.45) is 5.92 Å². The molecule has 2 amide bonds. The fraction of sp³-hybridized carbons (Fsp3) is 0.333. The lowest BCUT2D eigenvalue weighted by Gasteiger charge is -2.18. The van der Waals surface area contributed by atoms with Crippen LogP contribution in [0.15, 0.2) is 78.5 Å². The SMILES string of the molecule is CC[C@@H](NC(=O)c1ccc2c(c1)/C(=C(/Nc1ccc(CN3CCCC3)cc1)C1CC1)C(=O)N2)c1ccccc1. The first-order valence-electron chi connectivity index (χ1n) is 14.2. The number of hydrogen-bond acceptors (Lipinski definition) is 4. The van der Waals surface area contributed by atoms with Crippen LogP contribution in [0.5, 0.6) is 0 Å². The molecular formula is C33H36N4O2. The average Bonchev–Trinajstić information content (AvgIpc) is 3.58. The highest BCUT2D eigenvalue weighted by Crippen LogP contribution is 2.44. The molecular weight excluding hydrogens is 484 g/mol. The van der Waals surface area contributed by atoms with Crippen LogP contribution in [0.2, 0.25) is 0 Å². The number of hydrogen-bond donors (Lipinski definition) is 3. The third kappa shape index (κ3) is 5.62. The largest absolute Gasteiger partial charge is 0.358 e. The molecule has 2 aliphatic heterocycles. The van der Waals surface area contributed by atoms with Gasteiger partial charge in [-0.05, 0) is 92.6 Å². The van der Waals surface area contributed by atoms with Crippen molar-refractivity contribution < 1.29 is 9.59 Å². The van der Waals surface area contributed by atoms with Gasteiger partial charge >= 0.3 is 0 Å². The normalized spacial score (nSPS) is 18.8. The smallest absolute Gasteiger partial charge is 0.258 e. The summed E-state index contributed by atoms with van der Waals surface area (Å²) in [4.78, 5) is 29.0. The quantitative estimate of drug-likeness (QED) is 0.288. The number of nitrogens with one attached hydrogen (secondary N) is 3. The summed E-state index contributed by atoms with van der Waals surface area (Å²) in [5, 5.41) is 9.78. The van der Waals surface area contributed by atoms with Crippen molar-refractivity contribution in [2.75, 3.05) is 23.7 Å². The highest BCUT2D eigenvalue weighted by atomic mass is 16.2. The predicted molar refractivity (Wildman–Crippen MR) is 156 cm³/mol. The summed E-state index contributed by atoms with van der Waals surface area (Å²) in [5.74, 6) is 0.0704. The number of benzene rings is 3. The summed E-state index contributed by atoms with van der Waals surface area (Å²) in [6, 6.07) is 24.0. The topological polar surface area (TPSA) is 73.5 Å². The number of allylic oxidation sites excluding steroid dienone is 1. The van der Waals surface area contributed by atoms with Crippen molar-refractivity contribution in [3.63, 3.8) is 0 Å². The van der Waals surface area contributed by atoms with Gasteiger partial charge < -0.3 is 16.0 Å². The maximum absolute atomic E-state index is 13.3. The van der Waals surface area contributed by atoms with E-state index in [1.54, 1.807) is 6.07 Å². The Bertz CT molecular complexity index is 1390. The maximum Gasteiger partial charge on any atom is 0.258 e. The third-order valence-corrected chi connectivity index (χ3v) is 8.03. The van der Waals surface area contributed by atoms with Crippen LogP contribution in [-0.2, 0) is 11.3 Å². The monoisotopic (exact) mass is 520 g/mol. The highest BCUT2D eigenvalue weighted by Gasteiger charge is 2.36. The Morgan fingerprint density at radius 2 is 1.74 bits per heavy atom. The van der Waals surface area contributed by atoms with E-state index in [0.717, 1.165) is 54.0 Å². The number of amides is 2. The van der Waals surface area contributed by atoms with Gasteiger partial charge in [-0.1, -0.05) is 49.4 Å². The standard InChI is InChI=1S/C33H36N4O2/c1-2-28(23-8-4-3-5-9-23)35-32(38)25-14-17-29-27(20-25)30(33(39)36-29)31(24-12-13-24)34-26-15-10-22(11-16-26)21-37-18-6-7-19-37/h3-5,8-11,14-17,20,24,28,34H,2,6-7,12-13,18-19,21H2,1H3,(H,35,38)(H,36,39)/b31-30-/t28-/m1/s1. The summed E-state index contributed by atoms with van der Waals surface area (Å²) in [6.07, 6.45) is 5.47.